The van der Waals surface area contributed by atoms with Gasteiger partial charge in [0.25, 0.3) is 0 Å². The van der Waals surface area contributed by atoms with E-state index in [-0.39, 0.29) is 12.1 Å². The molecule has 0 spiro atoms. The summed E-state index contributed by atoms with van der Waals surface area (Å²) in [5.41, 5.74) is 2.23. The van der Waals surface area contributed by atoms with E-state index < -0.39 is 26.5 Å². The quantitative estimate of drug-likeness (QED) is 0.0656. The van der Waals surface area contributed by atoms with E-state index in [0.717, 1.165) is 37.9 Å². The molecule has 0 N–H and O–H groups in total. The van der Waals surface area contributed by atoms with Crippen LogP contribution >= 0.6 is 0 Å². The first-order valence-corrected chi connectivity index (χ1v) is 25.2. The molecule has 6 heteroatoms. The summed E-state index contributed by atoms with van der Waals surface area (Å²) >= 11 is -2.19. The van der Waals surface area contributed by atoms with Crippen molar-refractivity contribution in [3.8, 4) is 0 Å². The van der Waals surface area contributed by atoms with Gasteiger partial charge in [-0.25, -0.2) is 0 Å². The second-order valence-corrected chi connectivity index (χ2v) is 31.8. The molecule has 2 atom stereocenters. The second kappa shape index (κ2) is 12.8. The van der Waals surface area contributed by atoms with E-state index in [2.05, 4.69) is 61.3 Å². The van der Waals surface area contributed by atoms with Crippen molar-refractivity contribution in [2.24, 2.45) is 5.92 Å². The standard InChI is InChI=1S/C21H37O4Si.3CH3.Sn/c1-7-19-14-20(25-21(19)22)13-17(2)9-8-10-18(3)15-24-16-23-11-12-26(4,5)6;;;;/h10,17,20H,8-9,11-16H2,1-6H3;3*1H3;/b18-10+,19-7?;;;;/t17-,20?;;;;/m1..../s1. The third kappa shape index (κ3) is 11.5. The number of rotatable bonds is 13. The van der Waals surface area contributed by atoms with Crippen LogP contribution in [-0.2, 0) is 19.0 Å². The Labute approximate surface area is 190 Å². The molecule has 0 saturated carbocycles. The van der Waals surface area contributed by atoms with Gasteiger partial charge in [-0.15, -0.1) is 0 Å². The van der Waals surface area contributed by atoms with Crippen molar-refractivity contribution >= 4 is 32.4 Å². The van der Waals surface area contributed by atoms with Crippen LogP contribution in [-0.4, -0.2) is 58.5 Å². The Hall–Kier alpha value is -0.114. The number of hydrogen-bond donors (Lipinski definition) is 0. The number of ether oxygens (including phenoxy) is 3. The molecule has 0 aliphatic carbocycles. The Morgan fingerprint density at radius 2 is 1.90 bits per heavy atom. The predicted octanol–water partition coefficient (Wildman–Crippen LogP) is 6.58. The summed E-state index contributed by atoms with van der Waals surface area (Å²) in [7, 11) is -1.02. The average molecular weight is 545 g/mol. The van der Waals surface area contributed by atoms with Crippen molar-refractivity contribution in [1.29, 1.82) is 0 Å². The van der Waals surface area contributed by atoms with Gasteiger partial charge in [0.05, 0.1) is 0 Å². The van der Waals surface area contributed by atoms with Gasteiger partial charge in [0.2, 0.25) is 0 Å². The minimum absolute atomic E-state index is 0.0590. The number of carbonyl (C=O) groups is 1. The Morgan fingerprint density at radius 1 is 1.23 bits per heavy atom. The predicted molar refractivity (Wildman–Crippen MR) is 132 cm³/mol. The number of cyclic esters (lactones) is 1. The van der Waals surface area contributed by atoms with Crippen molar-refractivity contribution < 1.29 is 19.0 Å². The summed E-state index contributed by atoms with van der Waals surface area (Å²) in [4.78, 5) is 19.4. The minimum atomic E-state index is -2.19. The molecule has 1 heterocycles. The fourth-order valence-corrected chi connectivity index (χ4v) is 7.33. The van der Waals surface area contributed by atoms with Crippen LogP contribution in [0.1, 0.15) is 46.5 Å². The van der Waals surface area contributed by atoms with Gasteiger partial charge in [-0.3, -0.25) is 0 Å². The van der Waals surface area contributed by atoms with E-state index in [0.29, 0.717) is 19.3 Å². The zero-order valence-corrected chi connectivity index (χ0v) is 24.9. The van der Waals surface area contributed by atoms with Gasteiger partial charge in [-0.1, -0.05) is 19.6 Å². The van der Waals surface area contributed by atoms with Gasteiger partial charge >= 0.3 is 139 Å². The van der Waals surface area contributed by atoms with Gasteiger partial charge in [-0.05, 0) is 6.04 Å². The van der Waals surface area contributed by atoms with Gasteiger partial charge in [0.15, 0.2) is 0 Å². The Kier molecular flexibility index (Phi) is 11.9. The molecule has 1 saturated heterocycles. The summed E-state index contributed by atoms with van der Waals surface area (Å²) < 4.78 is 18.2. The third-order valence-electron chi connectivity index (χ3n) is 5.84. The molecular weight excluding hydrogens is 499 g/mol. The third-order valence-corrected chi connectivity index (χ3v) is 14.8. The normalized spacial score (nSPS) is 21.0. The van der Waals surface area contributed by atoms with Crippen molar-refractivity contribution in [1.82, 2.24) is 0 Å². The molecule has 0 aromatic heterocycles. The molecule has 4 nitrogen and oxygen atoms in total. The molecule has 174 valence electrons. The zero-order chi connectivity index (χ0) is 22.9. The van der Waals surface area contributed by atoms with Crippen molar-refractivity contribution in [3.63, 3.8) is 0 Å². The SMILES string of the molecule is C/[C](=C1\CC(C[C@H](C)CC/C=C(\C)COCOCC[Si](C)(C)C)OC1=O)[Sn]([CH3])([CH3])[CH3]. The van der Waals surface area contributed by atoms with Gasteiger partial charge in [-0.2, -0.15) is 0 Å². The molecule has 1 aliphatic rings. The Morgan fingerprint density at radius 3 is 2.50 bits per heavy atom. The van der Waals surface area contributed by atoms with Crippen LogP contribution in [0, 0.1) is 5.92 Å². The van der Waals surface area contributed by atoms with Crippen LogP contribution < -0.4 is 0 Å². The Bertz CT molecular complexity index is 614. The van der Waals surface area contributed by atoms with Gasteiger partial charge in [0, 0.05) is 14.7 Å². The molecule has 0 amide bonds. The topological polar surface area (TPSA) is 44.8 Å². The fraction of sp³-hybridized carbons (Fsp3) is 0.792. The van der Waals surface area contributed by atoms with Crippen LogP contribution in [0.25, 0.3) is 0 Å². The molecule has 0 bridgehead atoms. The summed E-state index contributed by atoms with van der Waals surface area (Å²) in [5, 5.41) is 0. The first-order chi connectivity index (χ1) is 13.8. The molecule has 0 radical (unpaired) electrons. The van der Waals surface area contributed by atoms with Crippen molar-refractivity contribution in [2.45, 2.75) is 93.1 Å². The maximum atomic E-state index is 12.3. The molecule has 30 heavy (non-hydrogen) atoms. The van der Waals surface area contributed by atoms with E-state index in [4.69, 9.17) is 14.2 Å². The summed E-state index contributed by atoms with van der Waals surface area (Å²) in [6.45, 7) is 15.4. The van der Waals surface area contributed by atoms with Gasteiger partial charge < -0.3 is 4.74 Å². The first-order valence-electron chi connectivity index (χ1n) is 11.5. The monoisotopic (exact) mass is 546 g/mol. The molecule has 0 aromatic carbocycles. The van der Waals surface area contributed by atoms with Crippen LogP contribution in [0.4, 0.5) is 0 Å². The second-order valence-electron chi connectivity index (χ2n) is 11.2. The first kappa shape index (κ1) is 27.9. The van der Waals surface area contributed by atoms with E-state index >= 15 is 0 Å². The average Bonchev–Trinajstić information content (AvgIpc) is 2.95. The van der Waals surface area contributed by atoms with Crippen molar-refractivity contribution in [2.75, 3.05) is 20.0 Å². The summed E-state index contributed by atoms with van der Waals surface area (Å²) in [5.74, 6) is 0.478. The molecule has 1 fully saturated rings. The van der Waals surface area contributed by atoms with Crippen LogP contribution in [0.3, 0.4) is 0 Å². The number of carbonyl (C=O) groups excluding carboxylic acids is 1. The van der Waals surface area contributed by atoms with E-state index in [1.807, 2.05) is 0 Å². The van der Waals surface area contributed by atoms with Crippen LogP contribution in [0.2, 0.25) is 40.5 Å². The van der Waals surface area contributed by atoms with E-state index in [1.54, 1.807) is 0 Å². The van der Waals surface area contributed by atoms with Crippen LogP contribution in [0.5, 0.6) is 0 Å². The molecule has 1 aliphatic heterocycles. The van der Waals surface area contributed by atoms with Gasteiger partial charge in [0.1, 0.15) is 6.79 Å². The van der Waals surface area contributed by atoms with Crippen molar-refractivity contribution in [3.05, 3.63) is 20.8 Å². The number of allylic oxidation sites excluding steroid dienone is 2. The van der Waals surface area contributed by atoms with E-state index in [9.17, 15) is 4.79 Å². The number of esters is 1. The molecular formula is C24H46O4SiSn. The maximum absolute atomic E-state index is 12.3. The summed E-state index contributed by atoms with van der Waals surface area (Å²) in [6, 6.07) is 1.18. The summed E-state index contributed by atoms with van der Waals surface area (Å²) in [6.07, 6.45) is 6.23. The zero-order valence-electron chi connectivity index (χ0n) is 21.0. The molecule has 0 aromatic rings. The van der Waals surface area contributed by atoms with E-state index in [1.165, 1.54) is 15.2 Å². The Balaban J connectivity index is 2.27. The fourth-order valence-electron chi connectivity index (χ4n) is 3.40. The van der Waals surface area contributed by atoms with Crippen LogP contribution in [0.15, 0.2) is 20.8 Å². The molecule has 1 rings (SSSR count). The molecule has 1 unspecified atom stereocenters. The number of hydrogen-bond acceptors (Lipinski definition) is 4.